The average Bonchev–Trinajstić information content (AvgIpc) is 2.45. The Bertz CT molecular complexity index is 506. The van der Waals surface area contributed by atoms with Gasteiger partial charge in [-0.05, 0) is 24.3 Å². The molecule has 0 spiro atoms. The first kappa shape index (κ1) is 15.5. The van der Waals surface area contributed by atoms with Crippen LogP contribution in [0.1, 0.15) is 5.56 Å². The highest BCUT2D eigenvalue weighted by Gasteiger charge is 2.19. The number of carboxylic acid groups (broad SMARTS) is 1. The Morgan fingerprint density at radius 2 is 2.05 bits per heavy atom. The van der Waals surface area contributed by atoms with Crippen molar-refractivity contribution in [2.24, 2.45) is 0 Å². The zero-order valence-electron chi connectivity index (χ0n) is 10.8. The minimum absolute atomic E-state index is 0.127. The van der Waals surface area contributed by atoms with Crippen molar-refractivity contribution < 1.29 is 24.2 Å². The molecule has 20 heavy (non-hydrogen) atoms. The molecule has 1 unspecified atom stereocenters. The maximum absolute atomic E-state index is 11.5. The molecule has 0 heterocycles. The van der Waals surface area contributed by atoms with Gasteiger partial charge in [0.15, 0.2) is 12.6 Å². The number of benzene rings is 1. The fourth-order valence-electron chi connectivity index (χ4n) is 1.35. The van der Waals surface area contributed by atoms with Crippen LogP contribution >= 0.6 is 0 Å². The molecule has 0 saturated carbocycles. The van der Waals surface area contributed by atoms with E-state index < -0.39 is 17.9 Å². The van der Waals surface area contributed by atoms with Crippen LogP contribution in [-0.2, 0) is 14.3 Å². The highest BCUT2D eigenvalue weighted by Crippen LogP contribution is 2.11. The third-order valence-corrected chi connectivity index (χ3v) is 2.32. The number of carbonyl (C=O) groups is 2. The SMILES string of the molecule is COCC(NC(=O)COc1ccc(C#N)cc1)C(=O)O. The molecule has 0 bridgehead atoms. The Balaban J connectivity index is 2.46. The number of aliphatic carboxylic acids is 1. The van der Waals surface area contributed by atoms with Gasteiger partial charge in [-0.25, -0.2) is 4.79 Å². The van der Waals surface area contributed by atoms with Crippen LogP contribution < -0.4 is 10.1 Å². The normalized spacial score (nSPS) is 11.2. The Morgan fingerprint density at radius 1 is 1.40 bits per heavy atom. The van der Waals surface area contributed by atoms with Crippen molar-refractivity contribution in [1.82, 2.24) is 5.32 Å². The molecule has 1 atom stereocenters. The second-order valence-corrected chi connectivity index (χ2v) is 3.84. The van der Waals surface area contributed by atoms with Gasteiger partial charge in [-0.3, -0.25) is 4.79 Å². The van der Waals surface area contributed by atoms with E-state index in [0.29, 0.717) is 11.3 Å². The van der Waals surface area contributed by atoms with E-state index in [-0.39, 0.29) is 13.2 Å². The van der Waals surface area contributed by atoms with Crippen LogP contribution in [0.2, 0.25) is 0 Å². The van der Waals surface area contributed by atoms with Gasteiger partial charge in [-0.1, -0.05) is 0 Å². The molecule has 0 saturated heterocycles. The summed E-state index contributed by atoms with van der Waals surface area (Å²) >= 11 is 0. The zero-order chi connectivity index (χ0) is 15.0. The Morgan fingerprint density at radius 3 is 2.55 bits per heavy atom. The number of nitrogens with one attached hydrogen (secondary N) is 1. The predicted molar refractivity (Wildman–Crippen MR) is 68.1 cm³/mol. The van der Waals surface area contributed by atoms with Crippen molar-refractivity contribution >= 4 is 11.9 Å². The van der Waals surface area contributed by atoms with E-state index in [1.54, 1.807) is 24.3 Å². The molecule has 0 fully saturated rings. The highest BCUT2D eigenvalue weighted by atomic mass is 16.5. The van der Waals surface area contributed by atoms with Crippen molar-refractivity contribution in [2.75, 3.05) is 20.3 Å². The smallest absolute Gasteiger partial charge is 0.328 e. The predicted octanol–water partition coefficient (Wildman–Crippen LogP) is 0.153. The summed E-state index contributed by atoms with van der Waals surface area (Å²) in [7, 11) is 1.34. The summed E-state index contributed by atoms with van der Waals surface area (Å²) in [6.45, 7) is -0.447. The van der Waals surface area contributed by atoms with E-state index in [4.69, 9.17) is 15.1 Å². The monoisotopic (exact) mass is 278 g/mol. The second-order valence-electron chi connectivity index (χ2n) is 3.84. The summed E-state index contributed by atoms with van der Waals surface area (Å²) < 4.78 is 9.86. The number of hydrogen-bond donors (Lipinski definition) is 2. The van der Waals surface area contributed by atoms with E-state index in [1.807, 2.05) is 6.07 Å². The van der Waals surface area contributed by atoms with Gasteiger partial charge in [-0.2, -0.15) is 5.26 Å². The van der Waals surface area contributed by atoms with Crippen LogP contribution in [0.3, 0.4) is 0 Å². The van der Waals surface area contributed by atoms with Gasteiger partial charge in [0.2, 0.25) is 0 Å². The first-order valence-electron chi connectivity index (χ1n) is 5.71. The van der Waals surface area contributed by atoms with Crippen LogP contribution in [0.25, 0.3) is 0 Å². The molecular formula is C13H14N2O5. The lowest BCUT2D eigenvalue weighted by Crippen LogP contribution is -2.45. The van der Waals surface area contributed by atoms with Crippen LogP contribution in [0.15, 0.2) is 24.3 Å². The molecular weight excluding hydrogens is 264 g/mol. The summed E-state index contributed by atoms with van der Waals surface area (Å²) in [5.41, 5.74) is 0.479. The fourth-order valence-corrected chi connectivity index (χ4v) is 1.35. The molecule has 106 valence electrons. The van der Waals surface area contributed by atoms with Crippen molar-refractivity contribution in [3.63, 3.8) is 0 Å². The van der Waals surface area contributed by atoms with Crippen molar-refractivity contribution in [1.29, 1.82) is 5.26 Å². The number of nitrogens with zero attached hydrogens (tertiary/aromatic N) is 1. The van der Waals surface area contributed by atoms with Crippen LogP contribution in [0.4, 0.5) is 0 Å². The summed E-state index contributed by atoms with van der Waals surface area (Å²) in [5, 5.41) is 19.7. The molecule has 0 aliphatic rings. The molecule has 7 heteroatoms. The van der Waals surface area contributed by atoms with Crippen molar-refractivity contribution in [3.8, 4) is 11.8 Å². The maximum atomic E-state index is 11.5. The van der Waals surface area contributed by atoms with E-state index in [1.165, 1.54) is 7.11 Å². The van der Waals surface area contributed by atoms with Crippen LogP contribution in [0.5, 0.6) is 5.75 Å². The lowest BCUT2D eigenvalue weighted by Gasteiger charge is -2.13. The summed E-state index contributed by atoms with van der Waals surface area (Å²) in [6.07, 6.45) is 0. The summed E-state index contributed by atoms with van der Waals surface area (Å²) in [5.74, 6) is -1.34. The quantitative estimate of drug-likeness (QED) is 0.735. The van der Waals surface area contributed by atoms with Gasteiger partial charge in [0.1, 0.15) is 5.75 Å². The van der Waals surface area contributed by atoms with Gasteiger partial charge in [0.05, 0.1) is 18.2 Å². The molecule has 0 aromatic heterocycles. The third-order valence-electron chi connectivity index (χ3n) is 2.32. The Hall–Kier alpha value is -2.59. The molecule has 0 aliphatic carbocycles. The number of hydrogen-bond acceptors (Lipinski definition) is 5. The molecule has 1 amide bonds. The topological polar surface area (TPSA) is 109 Å². The number of carboxylic acids is 1. The van der Waals surface area contributed by atoms with Crippen LogP contribution in [0, 0.1) is 11.3 Å². The third kappa shape index (κ3) is 4.96. The fraction of sp³-hybridized carbons (Fsp3) is 0.308. The molecule has 0 radical (unpaired) electrons. The second kappa shape index (κ2) is 7.76. The Labute approximate surface area is 115 Å². The van der Waals surface area contributed by atoms with Crippen LogP contribution in [-0.4, -0.2) is 43.3 Å². The summed E-state index contributed by atoms with van der Waals surface area (Å²) in [4.78, 5) is 22.3. The number of rotatable bonds is 7. The number of ether oxygens (including phenoxy) is 2. The van der Waals surface area contributed by atoms with Crippen molar-refractivity contribution in [2.45, 2.75) is 6.04 Å². The van der Waals surface area contributed by atoms with Gasteiger partial charge in [-0.15, -0.1) is 0 Å². The van der Waals surface area contributed by atoms with Gasteiger partial charge >= 0.3 is 5.97 Å². The average molecular weight is 278 g/mol. The number of methoxy groups -OCH3 is 1. The largest absolute Gasteiger partial charge is 0.484 e. The first-order chi connectivity index (χ1) is 9.56. The molecule has 7 nitrogen and oxygen atoms in total. The molecule has 2 N–H and O–H groups in total. The standard InChI is InChI=1S/C13H14N2O5/c1-19-7-11(13(17)18)15-12(16)8-20-10-4-2-9(6-14)3-5-10/h2-5,11H,7-8H2,1H3,(H,15,16)(H,17,18). The molecule has 1 aromatic carbocycles. The number of carbonyl (C=O) groups excluding carboxylic acids is 1. The van der Waals surface area contributed by atoms with Gasteiger partial charge < -0.3 is 19.9 Å². The summed E-state index contributed by atoms with van der Waals surface area (Å²) in [6, 6.07) is 7.05. The highest BCUT2D eigenvalue weighted by molar-refractivity contribution is 5.84. The van der Waals surface area contributed by atoms with Gasteiger partial charge in [0.25, 0.3) is 5.91 Å². The van der Waals surface area contributed by atoms with E-state index >= 15 is 0 Å². The minimum atomic E-state index is -1.18. The number of amides is 1. The zero-order valence-corrected chi connectivity index (χ0v) is 10.8. The lowest BCUT2D eigenvalue weighted by molar-refractivity contribution is -0.143. The lowest BCUT2D eigenvalue weighted by atomic mass is 10.2. The van der Waals surface area contributed by atoms with Gasteiger partial charge in [0, 0.05) is 7.11 Å². The van der Waals surface area contributed by atoms with E-state index in [0.717, 1.165) is 0 Å². The van der Waals surface area contributed by atoms with E-state index in [2.05, 4.69) is 10.1 Å². The minimum Gasteiger partial charge on any atom is -0.484 e. The Kier molecular flexibility index (Phi) is 6.00. The van der Waals surface area contributed by atoms with Crippen molar-refractivity contribution in [3.05, 3.63) is 29.8 Å². The maximum Gasteiger partial charge on any atom is 0.328 e. The molecule has 1 aromatic rings. The molecule has 0 aliphatic heterocycles. The molecule has 1 rings (SSSR count). The first-order valence-corrected chi connectivity index (χ1v) is 5.71. The van der Waals surface area contributed by atoms with E-state index in [9.17, 15) is 9.59 Å². The number of nitriles is 1.